The van der Waals surface area contributed by atoms with Gasteiger partial charge in [0.05, 0.1) is 16.8 Å². The van der Waals surface area contributed by atoms with Crippen LogP contribution < -0.4 is 5.32 Å². The first-order valence-corrected chi connectivity index (χ1v) is 21.5. The third-order valence-corrected chi connectivity index (χ3v) is 12.8. The molecule has 2 aliphatic rings. The summed E-state index contributed by atoms with van der Waals surface area (Å²) in [5.41, 5.74) is 12.8. The van der Waals surface area contributed by atoms with E-state index in [-0.39, 0.29) is 6.17 Å². The lowest BCUT2D eigenvalue weighted by molar-refractivity contribution is 0.673. The van der Waals surface area contributed by atoms with Crippen molar-refractivity contribution in [3.05, 3.63) is 258 Å². The van der Waals surface area contributed by atoms with Gasteiger partial charge in [-0.1, -0.05) is 145 Å². The van der Waals surface area contributed by atoms with Gasteiger partial charge in [0.25, 0.3) is 0 Å². The lowest BCUT2D eigenvalue weighted by atomic mass is 9.64. The van der Waals surface area contributed by atoms with E-state index >= 15 is 0 Å². The summed E-state index contributed by atoms with van der Waals surface area (Å²) in [4.78, 5) is 26.9. The minimum absolute atomic E-state index is 0.311. The van der Waals surface area contributed by atoms with Crippen molar-refractivity contribution in [2.24, 2.45) is 9.98 Å². The number of pyridine rings is 3. The second-order valence-corrected chi connectivity index (χ2v) is 16.4. The number of aromatic nitrogens is 3. The van der Waals surface area contributed by atoms with Crippen LogP contribution >= 0.6 is 11.8 Å². The van der Waals surface area contributed by atoms with Gasteiger partial charge in [0.2, 0.25) is 0 Å². The Kier molecular flexibility index (Phi) is 9.64. The molecular formula is C55H38N6S. The molecule has 1 N–H and O–H groups in total. The molecule has 0 fully saturated rings. The van der Waals surface area contributed by atoms with Crippen molar-refractivity contribution in [2.45, 2.75) is 21.4 Å². The van der Waals surface area contributed by atoms with E-state index in [1.807, 2.05) is 60.6 Å². The molecule has 1 unspecified atom stereocenters. The Bertz CT molecular complexity index is 3010. The highest BCUT2D eigenvalue weighted by atomic mass is 32.2. The molecule has 0 saturated carbocycles. The molecule has 0 spiro atoms. The predicted molar refractivity (Wildman–Crippen MR) is 250 cm³/mol. The van der Waals surface area contributed by atoms with E-state index in [1.165, 1.54) is 32.0 Å². The van der Waals surface area contributed by atoms with Crippen molar-refractivity contribution in [2.75, 3.05) is 0 Å². The van der Waals surface area contributed by atoms with Crippen LogP contribution in [0.1, 0.15) is 45.1 Å². The Hall–Kier alpha value is -7.74. The summed E-state index contributed by atoms with van der Waals surface area (Å²) >= 11 is 1.81. The van der Waals surface area contributed by atoms with Crippen LogP contribution in [0, 0.1) is 0 Å². The van der Waals surface area contributed by atoms with Crippen LogP contribution in [0.25, 0.3) is 33.6 Å². The smallest absolute Gasteiger partial charge is 0.159 e. The lowest BCUT2D eigenvalue weighted by Gasteiger charge is -2.42. The van der Waals surface area contributed by atoms with Gasteiger partial charge in [-0.05, 0) is 99.6 Å². The molecule has 0 radical (unpaired) electrons. The molecule has 11 rings (SSSR count). The average Bonchev–Trinajstić information content (AvgIpc) is 3.36. The SMILES string of the molecule is c1ccc(C2=NC(c3ccc4c(c3)C(c3ccccc3)(c3ccccc3)c3cc(-c5cc(-c6cccnc6)nc(-c6cccnc6)c5)ccc3S4)=NC(c3ccccc3)N2)cc1. The van der Waals surface area contributed by atoms with Crippen LogP contribution in [0.2, 0.25) is 0 Å². The van der Waals surface area contributed by atoms with Gasteiger partial charge in [0, 0.05) is 56.8 Å². The third kappa shape index (κ3) is 6.79. The molecule has 0 amide bonds. The number of hydrogen-bond donors (Lipinski definition) is 1. The monoisotopic (exact) mass is 814 g/mol. The fourth-order valence-corrected chi connectivity index (χ4v) is 9.87. The maximum Gasteiger partial charge on any atom is 0.159 e. The lowest BCUT2D eigenvalue weighted by Crippen LogP contribution is -2.35. The summed E-state index contributed by atoms with van der Waals surface area (Å²) in [5.74, 6) is 1.47. The summed E-state index contributed by atoms with van der Waals surface area (Å²) in [7, 11) is 0. The first-order valence-electron chi connectivity index (χ1n) is 20.7. The molecule has 1 atom stereocenters. The van der Waals surface area contributed by atoms with E-state index in [2.05, 4.69) is 173 Å². The van der Waals surface area contributed by atoms with Crippen molar-refractivity contribution in [3.63, 3.8) is 0 Å². The Balaban J connectivity index is 1.14. The number of rotatable bonds is 8. The summed E-state index contributed by atoms with van der Waals surface area (Å²) in [6.07, 6.45) is 7.01. The Morgan fingerprint density at radius 3 is 1.53 bits per heavy atom. The summed E-state index contributed by atoms with van der Waals surface area (Å²) in [5, 5.41) is 3.63. The molecule has 6 nitrogen and oxygen atoms in total. The van der Waals surface area contributed by atoms with Crippen molar-refractivity contribution in [1.82, 2.24) is 20.3 Å². The van der Waals surface area contributed by atoms with Crippen LogP contribution in [0.15, 0.2) is 239 Å². The average molecular weight is 815 g/mol. The van der Waals surface area contributed by atoms with Crippen LogP contribution in [0.3, 0.4) is 0 Å². The van der Waals surface area contributed by atoms with Crippen molar-refractivity contribution in [1.29, 1.82) is 0 Å². The van der Waals surface area contributed by atoms with E-state index in [4.69, 9.17) is 15.0 Å². The molecule has 0 aliphatic carbocycles. The highest BCUT2D eigenvalue weighted by Crippen LogP contribution is 2.56. The van der Waals surface area contributed by atoms with E-state index in [0.29, 0.717) is 5.84 Å². The highest BCUT2D eigenvalue weighted by molar-refractivity contribution is 7.99. The molecule has 9 aromatic rings. The molecule has 2 aliphatic heterocycles. The minimum Gasteiger partial charge on any atom is -0.344 e. The maximum atomic E-state index is 5.30. The van der Waals surface area contributed by atoms with Gasteiger partial charge in [0.1, 0.15) is 12.0 Å². The molecule has 0 saturated heterocycles. The topological polar surface area (TPSA) is 75.4 Å². The maximum absolute atomic E-state index is 5.30. The number of amidine groups is 2. The molecule has 0 bridgehead atoms. The van der Waals surface area contributed by atoms with Crippen LogP contribution in [-0.2, 0) is 5.41 Å². The number of nitrogens with zero attached hydrogens (tertiary/aromatic N) is 5. The van der Waals surface area contributed by atoms with Crippen molar-refractivity contribution >= 4 is 23.4 Å². The van der Waals surface area contributed by atoms with Crippen molar-refractivity contribution in [3.8, 4) is 33.6 Å². The quantitative estimate of drug-likeness (QED) is 0.165. The third-order valence-electron chi connectivity index (χ3n) is 11.6. The first-order chi connectivity index (χ1) is 30.7. The zero-order valence-corrected chi connectivity index (χ0v) is 34.3. The summed E-state index contributed by atoms with van der Waals surface area (Å²) in [6.45, 7) is 0. The predicted octanol–water partition coefficient (Wildman–Crippen LogP) is 12.2. The molecule has 7 heteroatoms. The number of benzene rings is 6. The van der Waals surface area contributed by atoms with Gasteiger partial charge in [-0.15, -0.1) is 0 Å². The molecule has 6 aromatic carbocycles. The second-order valence-electron chi connectivity index (χ2n) is 15.4. The van der Waals surface area contributed by atoms with Gasteiger partial charge in [-0.25, -0.2) is 15.0 Å². The minimum atomic E-state index is -0.700. The standard InChI is InChI=1S/C55H38N6S/c1-5-15-37(16-6-1)52-59-53(38-17-7-2-8-18-38)61-54(60-52)40-26-28-51-47(32-40)55(44-21-9-3-10-22-44,45-23-11-4-12-24-45)46-31-39(25-27-50(46)62-51)43-33-48(41-19-13-29-56-35-41)58-49(34-43)42-20-14-30-57-36-42/h1-36,52H,(H,59,60,61). The van der Waals surface area contributed by atoms with E-state index in [1.54, 1.807) is 12.4 Å². The molecule has 62 heavy (non-hydrogen) atoms. The van der Waals surface area contributed by atoms with Gasteiger partial charge in [-0.2, -0.15) is 0 Å². The number of aliphatic imine (C=N–C) groups is 2. The van der Waals surface area contributed by atoms with Gasteiger partial charge >= 0.3 is 0 Å². The fourth-order valence-electron chi connectivity index (χ4n) is 8.72. The van der Waals surface area contributed by atoms with Gasteiger partial charge in [-0.3, -0.25) is 9.97 Å². The van der Waals surface area contributed by atoms with Crippen LogP contribution in [0.5, 0.6) is 0 Å². The van der Waals surface area contributed by atoms with Gasteiger partial charge < -0.3 is 5.32 Å². The zero-order valence-electron chi connectivity index (χ0n) is 33.5. The second kappa shape index (κ2) is 16.0. The van der Waals surface area contributed by atoms with E-state index in [9.17, 15) is 0 Å². The normalized spacial score (nSPS) is 15.0. The molecule has 294 valence electrons. The van der Waals surface area contributed by atoms with E-state index < -0.39 is 5.41 Å². The number of fused-ring (bicyclic) bond motifs is 2. The molecular weight excluding hydrogens is 777 g/mol. The van der Waals surface area contributed by atoms with Crippen molar-refractivity contribution < 1.29 is 0 Å². The van der Waals surface area contributed by atoms with E-state index in [0.717, 1.165) is 56.2 Å². The summed E-state index contributed by atoms with van der Waals surface area (Å²) < 4.78 is 0. The molecule has 3 aromatic heterocycles. The highest BCUT2D eigenvalue weighted by Gasteiger charge is 2.45. The Morgan fingerprint density at radius 1 is 0.452 bits per heavy atom. The zero-order chi connectivity index (χ0) is 41.3. The van der Waals surface area contributed by atoms with Gasteiger partial charge in [0.15, 0.2) is 5.84 Å². The number of hydrogen-bond acceptors (Lipinski definition) is 7. The fraction of sp³-hybridized carbons (Fsp3) is 0.0364. The largest absolute Gasteiger partial charge is 0.344 e. The number of nitrogens with one attached hydrogen (secondary N) is 1. The van der Waals surface area contributed by atoms with Crippen LogP contribution in [-0.4, -0.2) is 26.6 Å². The Labute approximate surface area is 364 Å². The first kappa shape index (κ1) is 37.3. The Morgan fingerprint density at radius 2 is 0.968 bits per heavy atom. The molecule has 5 heterocycles. The summed E-state index contributed by atoms with van der Waals surface area (Å²) in [6, 6.07) is 68.6. The van der Waals surface area contributed by atoms with Crippen LogP contribution in [0.4, 0.5) is 0 Å².